The second-order valence-electron chi connectivity index (χ2n) is 10.6. The van der Waals surface area contributed by atoms with Crippen LogP contribution < -0.4 is 15.0 Å². The Morgan fingerprint density at radius 1 is 1.18 bits per heavy atom. The number of pyridine rings is 1. The Bertz CT molecular complexity index is 1560. The Balaban J connectivity index is 1.47. The van der Waals surface area contributed by atoms with Crippen LogP contribution in [0, 0.1) is 18.3 Å². The van der Waals surface area contributed by atoms with Crippen molar-refractivity contribution in [3.63, 3.8) is 0 Å². The van der Waals surface area contributed by atoms with E-state index in [0.717, 1.165) is 47.8 Å². The zero-order valence-electron chi connectivity index (χ0n) is 22.4. The number of aromatic nitrogens is 3. The lowest BCUT2D eigenvalue weighted by molar-refractivity contribution is 0.188. The van der Waals surface area contributed by atoms with Gasteiger partial charge in [-0.25, -0.2) is 0 Å². The van der Waals surface area contributed by atoms with Gasteiger partial charge in [0.2, 0.25) is 0 Å². The highest BCUT2D eigenvalue weighted by Crippen LogP contribution is 2.40. The van der Waals surface area contributed by atoms with Gasteiger partial charge in [0.15, 0.2) is 5.75 Å². The third-order valence-corrected chi connectivity index (χ3v) is 8.01. The summed E-state index contributed by atoms with van der Waals surface area (Å²) in [7, 11) is 2.11. The van der Waals surface area contributed by atoms with Gasteiger partial charge in [0.25, 0.3) is 0 Å². The van der Waals surface area contributed by atoms with E-state index >= 15 is 0 Å². The maximum absolute atomic E-state index is 11.7. The predicted molar refractivity (Wildman–Crippen MR) is 152 cm³/mol. The first-order chi connectivity index (χ1) is 19.0. The first kappa shape index (κ1) is 25.3. The fraction of sp³-hybridized carbons (Fsp3) is 0.400. The SMILES string of the molecule is Cc1cccc2cccc(-c3ncc4c(N5CCN[C@@H](CC#N)C5)nc(OC[C@@H]5CCCN5C)nc4c3O)c12. The number of hydrogen-bond acceptors (Lipinski definition) is 9. The number of piperazine rings is 1. The molecule has 2 atom stereocenters. The second-order valence-corrected chi connectivity index (χ2v) is 10.6. The van der Waals surface area contributed by atoms with Crippen molar-refractivity contribution in [2.24, 2.45) is 0 Å². The maximum Gasteiger partial charge on any atom is 0.319 e. The lowest BCUT2D eigenvalue weighted by Crippen LogP contribution is -2.51. The summed E-state index contributed by atoms with van der Waals surface area (Å²) in [6.07, 6.45) is 4.39. The van der Waals surface area contributed by atoms with Gasteiger partial charge in [-0.1, -0.05) is 36.4 Å². The summed E-state index contributed by atoms with van der Waals surface area (Å²) in [4.78, 5) is 18.7. The van der Waals surface area contributed by atoms with E-state index in [9.17, 15) is 10.4 Å². The Labute approximate surface area is 228 Å². The van der Waals surface area contributed by atoms with Crippen LogP contribution in [0.15, 0.2) is 42.6 Å². The van der Waals surface area contributed by atoms with Gasteiger partial charge in [0.05, 0.1) is 17.9 Å². The third-order valence-electron chi connectivity index (χ3n) is 8.01. The fourth-order valence-electron chi connectivity index (χ4n) is 5.89. The summed E-state index contributed by atoms with van der Waals surface area (Å²) in [5.74, 6) is 0.682. The number of nitrogens with one attached hydrogen (secondary N) is 1. The number of aromatic hydroxyl groups is 1. The number of ether oxygens (including phenoxy) is 1. The number of nitriles is 1. The van der Waals surface area contributed by atoms with Crippen LogP contribution in [0.1, 0.15) is 24.8 Å². The van der Waals surface area contributed by atoms with E-state index in [2.05, 4.69) is 53.4 Å². The minimum absolute atomic E-state index is 0.0125. The molecule has 0 bridgehead atoms. The molecule has 2 aliphatic heterocycles. The molecule has 2 N–H and O–H groups in total. The zero-order chi connectivity index (χ0) is 26.9. The minimum atomic E-state index is 0.0125. The van der Waals surface area contributed by atoms with Gasteiger partial charge < -0.3 is 25.0 Å². The topological polar surface area (TPSA) is 110 Å². The molecule has 2 saturated heterocycles. The van der Waals surface area contributed by atoms with Crippen molar-refractivity contribution in [1.29, 1.82) is 5.26 Å². The number of hydrogen-bond donors (Lipinski definition) is 2. The zero-order valence-corrected chi connectivity index (χ0v) is 22.4. The Morgan fingerprint density at radius 2 is 2.03 bits per heavy atom. The van der Waals surface area contributed by atoms with E-state index in [1.165, 1.54) is 0 Å². The summed E-state index contributed by atoms with van der Waals surface area (Å²) in [5, 5.41) is 27.1. The fourth-order valence-corrected chi connectivity index (χ4v) is 5.89. The number of nitrogens with zero attached hydrogens (tertiary/aromatic N) is 6. The molecule has 0 unspecified atom stereocenters. The monoisotopic (exact) mass is 523 g/mol. The Morgan fingerprint density at radius 3 is 2.82 bits per heavy atom. The van der Waals surface area contributed by atoms with Crippen molar-refractivity contribution in [2.75, 3.05) is 44.7 Å². The number of fused-ring (bicyclic) bond motifs is 2. The van der Waals surface area contributed by atoms with E-state index in [1.807, 2.05) is 18.2 Å². The summed E-state index contributed by atoms with van der Waals surface area (Å²) in [6.45, 7) is 5.67. The van der Waals surface area contributed by atoms with Crippen LogP contribution in [0.25, 0.3) is 32.9 Å². The molecule has 9 heteroatoms. The van der Waals surface area contributed by atoms with Crippen molar-refractivity contribution < 1.29 is 9.84 Å². The minimum Gasteiger partial charge on any atom is -0.504 e. The van der Waals surface area contributed by atoms with Crippen LogP contribution in [-0.4, -0.2) is 76.9 Å². The van der Waals surface area contributed by atoms with Crippen LogP contribution in [0.4, 0.5) is 5.82 Å². The first-order valence-corrected chi connectivity index (χ1v) is 13.6. The Kier molecular flexibility index (Phi) is 6.90. The van der Waals surface area contributed by atoms with E-state index < -0.39 is 0 Å². The number of likely N-dealkylation sites (N-methyl/N-ethyl adjacent to an activating group) is 1. The number of benzene rings is 2. The van der Waals surface area contributed by atoms with E-state index in [4.69, 9.17) is 19.7 Å². The number of anilines is 1. The summed E-state index contributed by atoms with van der Waals surface area (Å²) in [5.41, 5.74) is 2.87. The smallest absolute Gasteiger partial charge is 0.319 e. The molecule has 0 amide bonds. The highest BCUT2D eigenvalue weighted by Gasteiger charge is 2.27. The molecule has 2 fully saturated rings. The normalized spacial score (nSPS) is 20.0. The van der Waals surface area contributed by atoms with Gasteiger partial charge in [-0.05, 0) is 49.7 Å². The highest BCUT2D eigenvalue weighted by atomic mass is 16.5. The molecule has 0 saturated carbocycles. The van der Waals surface area contributed by atoms with Crippen LogP contribution in [-0.2, 0) is 0 Å². The van der Waals surface area contributed by atoms with Gasteiger partial charge >= 0.3 is 6.01 Å². The lowest BCUT2D eigenvalue weighted by atomic mass is 9.97. The van der Waals surface area contributed by atoms with Crippen molar-refractivity contribution in [3.05, 3.63) is 48.2 Å². The van der Waals surface area contributed by atoms with Crippen molar-refractivity contribution >= 4 is 27.5 Å². The third kappa shape index (κ3) is 4.82. The number of likely N-dealkylation sites (tertiary alicyclic amines) is 1. The highest BCUT2D eigenvalue weighted by molar-refractivity contribution is 6.03. The first-order valence-electron chi connectivity index (χ1n) is 13.6. The summed E-state index contributed by atoms with van der Waals surface area (Å²) >= 11 is 0. The summed E-state index contributed by atoms with van der Waals surface area (Å²) in [6, 6.07) is 15.1. The molecule has 2 aliphatic rings. The number of aryl methyl sites for hydroxylation is 1. The molecule has 2 aromatic carbocycles. The van der Waals surface area contributed by atoms with Gasteiger partial charge in [0, 0.05) is 43.5 Å². The van der Waals surface area contributed by atoms with E-state index in [1.54, 1.807) is 6.20 Å². The van der Waals surface area contributed by atoms with Crippen molar-refractivity contribution in [2.45, 2.75) is 38.3 Å². The van der Waals surface area contributed by atoms with Gasteiger partial charge in [-0.2, -0.15) is 15.2 Å². The molecule has 9 nitrogen and oxygen atoms in total. The number of rotatable bonds is 6. The molecule has 4 aromatic rings. The molecule has 39 heavy (non-hydrogen) atoms. The van der Waals surface area contributed by atoms with Crippen LogP contribution in [0.3, 0.4) is 0 Å². The van der Waals surface area contributed by atoms with E-state index in [-0.39, 0.29) is 17.8 Å². The van der Waals surface area contributed by atoms with Crippen LogP contribution in [0.5, 0.6) is 11.8 Å². The van der Waals surface area contributed by atoms with Crippen LogP contribution in [0.2, 0.25) is 0 Å². The lowest BCUT2D eigenvalue weighted by Gasteiger charge is -2.34. The standard InChI is InChI=1S/C30H33N7O2/c1-19-6-3-7-20-8-4-10-23(25(19)20)26-28(38)27-24(16-33-26)29(37-15-13-32-21(17-37)11-12-31)35-30(34-27)39-18-22-9-5-14-36(22)2/h3-4,6-8,10,16,21-22,32,38H,5,9,11,13-15,17-18H2,1-2H3/t21-,22-/m0/s1. The Hall–Kier alpha value is -4.00. The summed E-state index contributed by atoms with van der Waals surface area (Å²) < 4.78 is 6.17. The molecular weight excluding hydrogens is 490 g/mol. The van der Waals surface area contributed by atoms with Gasteiger partial charge in [0.1, 0.15) is 23.6 Å². The molecule has 4 heterocycles. The average Bonchev–Trinajstić information content (AvgIpc) is 3.36. The largest absolute Gasteiger partial charge is 0.504 e. The van der Waals surface area contributed by atoms with Crippen molar-refractivity contribution in [1.82, 2.24) is 25.2 Å². The molecule has 200 valence electrons. The van der Waals surface area contributed by atoms with Crippen LogP contribution >= 0.6 is 0 Å². The molecule has 6 rings (SSSR count). The molecular formula is C30H33N7O2. The predicted octanol–water partition coefficient (Wildman–Crippen LogP) is 4.02. The van der Waals surface area contributed by atoms with Gasteiger partial charge in [-0.3, -0.25) is 4.98 Å². The quantitative estimate of drug-likeness (QED) is 0.387. The molecule has 2 aromatic heterocycles. The maximum atomic E-state index is 11.7. The second kappa shape index (κ2) is 10.6. The molecule has 0 radical (unpaired) electrons. The van der Waals surface area contributed by atoms with Crippen molar-refractivity contribution in [3.8, 4) is 29.1 Å². The molecule has 0 spiro atoms. The van der Waals surface area contributed by atoms with Gasteiger partial charge in [-0.15, -0.1) is 0 Å². The van der Waals surface area contributed by atoms with E-state index in [0.29, 0.717) is 54.6 Å². The average molecular weight is 524 g/mol. The molecule has 0 aliphatic carbocycles.